The smallest absolute Gasteiger partial charge is 0.341 e. The Hall–Kier alpha value is -3.62. The van der Waals surface area contributed by atoms with Crippen molar-refractivity contribution in [2.24, 2.45) is 0 Å². The van der Waals surface area contributed by atoms with E-state index in [0.717, 1.165) is 6.07 Å². The van der Waals surface area contributed by atoms with Crippen LogP contribution in [0.15, 0.2) is 42.5 Å². The molecule has 0 radical (unpaired) electrons. The Labute approximate surface area is 149 Å². The molecule has 0 aromatic heterocycles. The van der Waals surface area contributed by atoms with Crippen LogP contribution in [0.3, 0.4) is 0 Å². The van der Waals surface area contributed by atoms with Crippen LogP contribution in [0.2, 0.25) is 0 Å². The van der Waals surface area contributed by atoms with E-state index in [2.05, 4.69) is 10.6 Å². The third-order valence-electron chi connectivity index (χ3n) is 3.41. The van der Waals surface area contributed by atoms with Gasteiger partial charge in [0.05, 0.1) is 17.6 Å². The molecule has 0 aliphatic rings. The van der Waals surface area contributed by atoms with Crippen molar-refractivity contribution in [1.82, 2.24) is 0 Å². The van der Waals surface area contributed by atoms with Gasteiger partial charge in [-0.25, -0.2) is 4.79 Å². The van der Waals surface area contributed by atoms with Crippen molar-refractivity contribution in [3.8, 4) is 5.75 Å². The van der Waals surface area contributed by atoms with Gasteiger partial charge in [-0.05, 0) is 30.3 Å². The number of nitro benzene ring substituents is 1. The number of anilines is 2. The monoisotopic (exact) mass is 359 g/mol. The standard InChI is InChI=1S/C17H17N3O6/c1-18-15-8-5-12(20(23)24)9-14(15)17(22)26-10-16(21)19-11-3-6-13(25-2)7-4-11/h3-9,18H,10H2,1-2H3,(H,19,21). The Morgan fingerprint density at radius 2 is 1.85 bits per heavy atom. The Kier molecular flexibility index (Phi) is 6.10. The van der Waals surface area contributed by atoms with Gasteiger partial charge in [-0.2, -0.15) is 0 Å². The largest absolute Gasteiger partial charge is 0.497 e. The highest BCUT2D eigenvalue weighted by Crippen LogP contribution is 2.22. The van der Waals surface area contributed by atoms with E-state index in [4.69, 9.17) is 9.47 Å². The predicted molar refractivity (Wildman–Crippen MR) is 94.5 cm³/mol. The van der Waals surface area contributed by atoms with Crippen molar-refractivity contribution in [3.63, 3.8) is 0 Å². The lowest BCUT2D eigenvalue weighted by Gasteiger charge is -2.10. The molecule has 2 aromatic carbocycles. The number of hydrogen-bond donors (Lipinski definition) is 2. The van der Waals surface area contributed by atoms with Crippen molar-refractivity contribution in [1.29, 1.82) is 0 Å². The number of ether oxygens (including phenoxy) is 2. The lowest BCUT2D eigenvalue weighted by Crippen LogP contribution is -2.21. The number of nitrogens with one attached hydrogen (secondary N) is 2. The highest BCUT2D eigenvalue weighted by Gasteiger charge is 2.18. The summed E-state index contributed by atoms with van der Waals surface area (Å²) < 4.78 is 9.96. The van der Waals surface area contributed by atoms with E-state index in [1.165, 1.54) is 19.2 Å². The molecule has 0 atom stereocenters. The maximum Gasteiger partial charge on any atom is 0.341 e. The van der Waals surface area contributed by atoms with E-state index >= 15 is 0 Å². The molecule has 0 unspecified atom stereocenters. The molecule has 2 rings (SSSR count). The van der Waals surface area contributed by atoms with Gasteiger partial charge in [0.25, 0.3) is 11.6 Å². The summed E-state index contributed by atoms with van der Waals surface area (Å²) in [4.78, 5) is 34.3. The van der Waals surface area contributed by atoms with Crippen molar-refractivity contribution in [2.45, 2.75) is 0 Å². The van der Waals surface area contributed by atoms with Crippen molar-refractivity contribution in [2.75, 3.05) is 31.4 Å². The Morgan fingerprint density at radius 3 is 2.42 bits per heavy atom. The molecule has 136 valence electrons. The highest BCUT2D eigenvalue weighted by atomic mass is 16.6. The number of hydrogen-bond acceptors (Lipinski definition) is 7. The van der Waals surface area contributed by atoms with Crippen LogP contribution < -0.4 is 15.4 Å². The molecule has 0 bridgehead atoms. The van der Waals surface area contributed by atoms with Gasteiger partial charge in [0, 0.05) is 30.6 Å². The second-order valence-corrected chi connectivity index (χ2v) is 5.09. The first-order valence-corrected chi connectivity index (χ1v) is 7.52. The second kappa shape index (κ2) is 8.47. The molecule has 9 heteroatoms. The molecule has 0 heterocycles. The first kappa shape index (κ1) is 18.7. The molecule has 0 saturated carbocycles. The summed E-state index contributed by atoms with van der Waals surface area (Å²) in [5.41, 5.74) is 0.590. The third-order valence-corrected chi connectivity index (χ3v) is 3.41. The number of carbonyl (C=O) groups excluding carboxylic acids is 2. The Morgan fingerprint density at radius 1 is 1.15 bits per heavy atom. The number of amides is 1. The summed E-state index contributed by atoms with van der Waals surface area (Å²) in [5, 5.41) is 16.2. The maximum atomic E-state index is 12.2. The minimum Gasteiger partial charge on any atom is -0.497 e. The van der Waals surface area contributed by atoms with Gasteiger partial charge < -0.3 is 20.1 Å². The lowest BCUT2D eigenvalue weighted by atomic mass is 10.1. The fourth-order valence-electron chi connectivity index (χ4n) is 2.11. The number of benzene rings is 2. The third kappa shape index (κ3) is 4.69. The van der Waals surface area contributed by atoms with Crippen LogP contribution in [0.4, 0.5) is 17.1 Å². The summed E-state index contributed by atoms with van der Waals surface area (Å²) >= 11 is 0. The summed E-state index contributed by atoms with van der Waals surface area (Å²) in [7, 11) is 3.09. The SMILES string of the molecule is CNc1ccc([N+](=O)[O-])cc1C(=O)OCC(=O)Nc1ccc(OC)cc1. The van der Waals surface area contributed by atoms with Crippen LogP contribution in [0.5, 0.6) is 5.75 Å². The van der Waals surface area contributed by atoms with Gasteiger partial charge in [-0.3, -0.25) is 14.9 Å². The number of esters is 1. The zero-order valence-electron chi connectivity index (χ0n) is 14.1. The number of carbonyl (C=O) groups is 2. The molecule has 26 heavy (non-hydrogen) atoms. The second-order valence-electron chi connectivity index (χ2n) is 5.09. The van der Waals surface area contributed by atoms with Gasteiger partial charge in [-0.15, -0.1) is 0 Å². The van der Waals surface area contributed by atoms with E-state index in [0.29, 0.717) is 17.1 Å². The van der Waals surface area contributed by atoms with E-state index in [1.807, 2.05) is 0 Å². The average molecular weight is 359 g/mol. The van der Waals surface area contributed by atoms with E-state index in [9.17, 15) is 19.7 Å². The van der Waals surface area contributed by atoms with Gasteiger partial charge in [0.1, 0.15) is 5.75 Å². The van der Waals surface area contributed by atoms with Crippen molar-refractivity contribution >= 4 is 28.9 Å². The van der Waals surface area contributed by atoms with Gasteiger partial charge in [0.15, 0.2) is 6.61 Å². The minimum atomic E-state index is -0.845. The van der Waals surface area contributed by atoms with Crippen molar-refractivity contribution < 1.29 is 24.0 Å². The first-order valence-electron chi connectivity index (χ1n) is 7.52. The fourth-order valence-corrected chi connectivity index (χ4v) is 2.11. The number of methoxy groups -OCH3 is 1. The Bertz CT molecular complexity index is 820. The van der Waals surface area contributed by atoms with E-state index < -0.39 is 23.4 Å². The summed E-state index contributed by atoms with van der Waals surface area (Å²) in [5.74, 6) is -0.748. The number of non-ortho nitro benzene ring substituents is 1. The summed E-state index contributed by atoms with van der Waals surface area (Å²) in [6.45, 7) is -0.531. The molecule has 1 amide bonds. The average Bonchev–Trinajstić information content (AvgIpc) is 2.66. The molecule has 0 aliphatic carbocycles. The number of nitrogens with zero attached hydrogens (tertiary/aromatic N) is 1. The van der Waals surface area contributed by atoms with Gasteiger partial charge in [0.2, 0.25) is 0 Å². The van der Waals surface area contributed by atoms with Gasteiger partial charge in [-0.1, -0.05) is 0 Å². The van der Waals surface area contributed by atoms with Crippen LogP contribution in [0.1, 0.15) is 10.4 Å². The topological polar surface area (TPSA) is 120 Å². The summed E-state index contributed by atoms with van der Waals surface area (Å²) in [6.07, 6.45) is 0. The van der Waals surface area contributed by atoms with Crippen LogP contribution >= 0.6 is 0 Å². The van der Waals surface area contributed by atoms with Gasteiger partial charge >= 0.3 is 5.97 Å². The molecule has 0 fully saturated rings. The maximum absolute atomic E-state index is 12.2. The molecule has 0 aliphatic heterocycles. The van der Waals surface area contributed by atoms with Crippen molar-refractivity contribution in [3.05, 3.63) is 58.1 Å². The molecule has 2 aromatic rings. The Balaban J connectivity index is 1.99. The van der Waals surface area contributed by atoms with Crippen LogP contribution in [-0.4, -0.2) is 37.6 Å². The number of rotatable bonds is 7. The normalized spacial score (nSPS) is 9.92. The molecule has 9 nitrogen and oxygen atoms in total. The quantitative estimate of drug-likeness (QED) is 0.442. The summed E-state index contributed by atoms with van der Waals surface area (Å²) in [6, 6.07) is 10.4. The molecule has 0 saturated heterocycles. The van der Waals surface area contributed by atoms with E-state index in [-0.39, 0.29) is 11.3 Å². The predicted octanol–water partition coefficient (Wildman–Crippen LogP) is 2.44. The molecular formula is C17H17N3O6. The molecule has 2 N–H and O–H groups in total. The highest BCUT2D eigenvalue weighted by molar-refractivity contribution is 5.99. The zero-order chi connectivity index (χ0) is 19.1. The van der Waals surface area contributed by atoms with E-state index in [1.54, 1.807) is 31.3 Å². The first-order chi connectivity index (χ1) is 12.4. The zero-order valence-corrected chi connectivity index (χ0v) is 14.1. The number of nitro groups is 1. The van der Waals surface area contributed by atoms with Crippen LogP contribution in [-0.2, 0) is 9.53 Å². The molecule has 0 spiro atoms. The fraction of sp³-hybridized carbons (Fsp3) is 0.176. The lowest BCUT2D eigenvalue weighted by molar-refractivity contribution is -0.384. The van der Waals surface area contributed by atoms with Crippen LogP contribution in [0.25, 0.3) is 0 Å². The minimum absolute atomic E-state index is 0.0288. The molecular weight excluding hydrogens is 342 g/mol. The van der Waals surface area contributed by atoms with Crippen LogP contribution in [0, 0.1) is 10.1 Å².